The lowest BCUT2D eigenvalue weighted by atomic mass is 10.1. The summed E-state index contributed by atoms with van der Waals surface area (Å²) >= 11 is 0. The molecule has 1 saturated carbocycles. The number of nitrogens with zero attached hydrogens (tertiary/aromatic N) is 1. The van der Waals surface area contributed by atoms with E-state index in [0.29, 0.717) is 19.0 Å². The predicted molar refractivity (Wildman–Crippen MR) is 62.2 cm³/mol. The number of rotatable bonds is 3. The van der Waals surface area contributed by atoms with Crippen molar-refractivity contribution < 1.29 is 13.6 Å². The smallest absolute Gasteiger partial charge is 0.250 e. The van der Waals surface area contributed by atoms with Crippen molar-refractivity contribution in [2.45, 2.75) is 43.2 Å². The zero-order valence-electron chi connectivity index (χ0n) is 10.3. The number of hydrogen-bond donors (Lipinski definition) is 2. The number of fused-ring (bicyclic) bond motifs is 1. The average molecular weight is 259 g/mol. The molecule has 2 heterocycles. The van der Waals surface area contributed by atoms with Gasteiger partial charge in [-0.2, -0.15) is 0 Å². The number of alkyl halides is 2. The molecule has 0 bridgehead atoms. The van der Waals surface area contributed by atoms with Crippen molar-refractivity contribution in [2.75, 3.05) is 19.6 Å². The van der Waals surface area contributed by atoms with Crippen LogP contribution in [0.3, 0.4) is 0 Å². The lowest BCUT2D eigenvalue weighted by Gasteiger charge is -2.34. The number of carbonyl (C=O) groups excluding carboxylic acids is 1. The zero-order chi connectivity index (χ0) is 13.0. The molecule has 3 fully saturated rings. The van der Waals surface area contributed by atoms with Crippen LogP contribution in [0.25, 0.3) is 0 Å². The molecule has 4 nitrogen and oxygen atoms in total. The molecular formula is C12H19F2N3O. The molecule has 102 valence electrons. The Kier molecular flexibility index (Phi) is 2.64. The first-order valence-electron chi connectivity index (χ1n) is 6.57. The quantitative estimate of drug-likeness (QED) is 0.767. The third kappa shape index (κ3) is 2.12. The third-order valence-electron chi connectivity index (χ3n) is 4.65. The van der Waals surface area contributed by atoms with Crippen molar-refractivity contribution in [2.24, 2.45) is 11.7 Å². The summed E-state index contributed by atoms with van der Waals surface area (Å²) in [5.41, 5.74) is 5.27. The second-order valence-corrected chi connectivity index (χ2v) is 6.02. The van der Waals surface area contributed by atoms with Crippen LogP contribution in [0.2, 0.25) is 0 Å². The van der Waals surface area contributed by atoms with Gasteiger partial charge in [0, 0.05) is 38.0 Å². The number of halogens is 2. The predicted octanol–water partition coefficient (Wildman–Crippen LogP) is 0.323. The minimum Gasteiger partial charge on any atom is -0.368 e. The Labute approximate surface area is 105 Å². The van der Waals surface area contributed by atoms with Crippen LogP contribution in [0.1, 0.15) is 25.7 Å². The van der Waals surface area contributed by atoms with Crippen molar-refractivity contribution in [1.82, 2.24) is 10.2 Å². The Morgan fingerprint density at radius 3 is 2.61 bits per heavy atom. The molecule has 18 heavy (non-hydrogen) atoms. The molecule has 0 spiro atoms. The molecule has 0 aromatic heterocycles. The van der Waals surface area contributed by atoms with Crippen molar-refractivity contribution in [3.05, 3.63) is 0 Å². The monoisotopic (exact) mass is 259 g/mol. The minimum atomic E-state index is -2.49. The van der Waals surface area contributed by atoms with Crippen LogP contribution < -0.4 is 11.1 Å². The van der Waals surface area contributed by atoms with Gasteiger partial charge in [0.15, 0.2) is 0 Å². The van der Waals surface area contributed by atoms with E-state index in [2.05, 4.69) is 10.2 Å². The first-order chi connectivity index (χ1) is 8.40. The number of likely N-dealkylation sites (tertiary alicyclic amines) is 1. The van der Waals surface area contributed by atoms with Gasteiger partial charge in [0.05, 0.1) is 6.04 Å². The highest BCUT2D eigenvalue weighted by Crippen LogP contribution is 2.52. The van der Waals surface area contributed by atoms with Crippen molar-refractivity contribution in [3.8, 4) is 0 Å². The normalized spacial score (nSPS) is 42.6. The second kappa shape index (κ2) is 3.87. The number of nitrogens with two attached hydrogens (primary N) is 1. The van der Waals surface area contributed by atoms with E-state index in [1.807, 2.05) is 0 Å². The van der Waals surface area contributed by atoms with Gasteiger partial charge in [0.25, 0.3) is 5.92 Å². The maximum absolute atomic E-state index is 13.1. The summed E-state index contributed by atoms with van der Waals surface area (Å²) in [5.74, 6) is -2.29. The maximum atomic E-state index is 13.1. The molecule has 1 amide bonds. The second-order valence-electron chi connectivity index (χ2n) is 6.02. The van der Waals surface area contributed by atoms with Crippen LogP contribution >= 0.6 is 0 Å². The fraction of sp³-hybridized carbons (Fsp3) is 0.917. The molecule has 3 unspecified atom stereocenters. The fourth-order valence-corrected chi connectivity index (χ4v) is 3.42. The Balaban J connectivity index is 1.54. The Hall–Kier alpha value is -0.750. The molecular weight excluding hydrogens is 240 g/mol. The van der Waals surface area contributed by atoms with Gasteiger partial charge in [0.2, 0.25) is 5.91 Å². The number of hydrogen-bond acceptors (Lipinski definition) is 3. The van der Waals surface area contributed by atoms with E-state index in [1.165, 1.54) is 0 Å². The summed E-state index contributed by atoms with van der Waals surface area (Å²) < 4.78 is 26.1. The number of nitrogens with one attached hydrogen (secondary N) is 1. The summed E-state index contributed by atoms with van der Waals surface area (Å²) in [6, 6.07) is -0.227. The SMILES string of the molecule is NC(=O)C1CC2CC2(CN2CCC(F)(F)CC2)N1. The van der Waals surface area contributed by atoms with Gasteiger partial charge in [0.1, 0.15) is 0 Å². The molecule has 1 aliphatic carbocycles. The largest absolute Gasteiger partial charge is 0.368 e. The first-order valence-corrected chi connectivity index (χ1v) is 6.57. The van der Waals surface area contributed by atoms with Crippen molar-refractivity contribution in [1.29, 1.82) is 0 Å². The lowest BCUT2D eigenvalue weighted by Crippen LogP contribution is -2.50. The fourth-order valence-electron chi connectivity index (χ4n) is 3.42. The van der Waals surface area contributed by atoms with E-state index in [-0.39, 0.29) is 30.3 Å². The summed E-state index contributed by atoms with van der Waals surface area (Å²) in [4.78, 5) is 13.2. The van der Waals surface area contributed by atoms with Crippen molar-refractivity contribution in [3.63, 3.8) is 0 Å². The number of carbonyl (C=O) groups is 1. The molecule has 2 saturated heterocycles. The van der Waals surface area contributed by atoms with E-state index in [1.54, 1.807) is 0 Å². The molecule has 3 aliphatic rings. The average Bonchev–Trinajstić information content (AvgIpc) is 2.83. The molecule has 3 N–H and O–H groups in total. The topological polar surface area (TPSA) is 58.4 Å². The van der Waals surface area contributed by atoms with Gasteiger partial charge in [-0.1, -0.05) is 0 Å². The van der Waals surface area contributed by atoms with Crippen LogP contribution in [0.4, 0.5) is 8.78 Å². The van der Waals surface area contributed by atoms with Gasteiger partial charge < -0.3 is 10.6 Å². The lowest BCUT2D eigenvalue weighted by molar-refractivity contribution is -0.120. The highest BCUT2D eigenvalue weighted by atomic mass is 19.3. The van der Waals surface area contributed by atoms with E-state index >= 15 is 0 Å². The molecule has 0 radical (unpaired) electrons. The molecule has 3 atom stereocenters. The highest BCUT2D eigenvalue weighted by Gasteiger charge is 2.61. The van der Waals surface area contributed by atoms with Gasteiger partial charge >= 0.3 is 0 Å². The van der Waals surface area contributed by atoms with E-state index < -0.39 is 5.92 Å². The Morgan fingerprint density at radius 1 is 1.39 bits per heavy atom. The van der Waals surface area contributed by atoms with Crippen LogP contribution in [-0.4, -0.2) is 47.9 Å². The standard InChI is InChI=1S/C12H19F2N3O/c13-12(14)1-3-17(4-2-12)7-11-6-8(11)5-9(16-11)10(15)18/h8-9,16H,1-7H2,(H2,15,18). The van der Waals surface area contributed by atoms with Crippen LogP contribution in [0.15, 0.2) is 0 Å². The number of amides is 1. The van der Waals surface area contributed by atoms with E-state index in [0.717, 1.165) is 19.4 Å². The molecule has 0 aromatic carbocycles. The van der Waals surface area contributed by atoms with E-state index in [4.69, 9.17) is 5.73 Å². The minimum absolute atomic E-state index is 0.0215. The van der Waals surface area contributed by atoms with Gasteiger partial charge in [-0.3, -0.25) is 10.1 Å². The Morgan fingerprint density at radius 2 is 2.06 bits per heavy atom. The van der Waals surface area contributed by atoms with E-state index in [9.17, 15) is 13.6 Å². The summed E-state index contributed by atoms with van der Waals surface area (Å²) in [5, 5.41) is 3.31. The molecule has 3 rings (SSSR count). The summed E-state index contributed by atoms with van der Waals surface area (Å²) in [6.45, 7) is 1.67. The number of primary amides is 1. The Bertz CT molecular complexity index is 366. The third-order valence-corrected chi connectivity index (χ3v) is 4.65. The van der Waals surface area contributed by atoms with Crippen molar-refractivity contribution >= 4 is 5.91 Å². The van der Waals surface area contributed by atoms with Crippen LogP contribution in [0, 0.1) is 5.92 Å². The van der Waals surface area contributed by atoms with Crippen LogP contribution in [0.5, 0.6) is 0 Å². The summed E-state index contributed by atoms with van der Waals surface area (Å²) in [7, 11) is 0. The maximum Gasteiger partial charge on any atom is 0.250 e. The zero-order valence-corrected chi connectivity index (χ0v) is 10.3. The van der Waals surface area contributed by atoms with Gasteiger partial charge in [-0.05, 0) is 18.8 Å². The van der Waals surface area contributed by atoms with Crippen LogP contribution in [-0.2, 0) is 4.79 Å². The highest BCUT2D eigenvalue weighted by molar-refractivity contribution is 5.80. The number of piperidine rings is 2. The summed E-state index contributed by atoms with van der Waals surface area (Å²) in [6.07, 6.45) is 1.75. The molecule has 0 aromatic rings. The first kappa shape index (κ1) is 12.3. The molecule has 6 heteroatoms. The van der Waals surface area contributed by atoms with Gasteiger partial charge in [-0.25, -0.2) is 8.78 Å². The molecule has 2 aliphatic heterocycles. The van der Waals surface area contributed by atoms with Gasteiger partial charge in [-0.15, -0.1) is 0 Å².